The van der Waals surface area contributed by atoms with Crippen LogP contribution in [0.25, 0.3) is 0 Å². The number of hydrogen-bond donors (Lipinski definition) is 2. The van der Waals surface area contributed by atoms with E-state index in [4.69, 9.17) is 26.2 Å². The number of hydrogen-bond acceptors (Lipinski definition) is 5. The van der Waals surface area contributed by atoms with Crippen LogP contribution < -0.4 is 5.32 Å². The summed E-state index contributed by atoms with van der Waals surface area (Å²) in [4.78, 5) is 23.2. The standard InChI is InChI=1S/C11H10ClNO5S/c12-8-2-1-7(19-8)9(14)13-11(18-10(15)16)3-5-6(4-11)17-5/h1-2,5-6H,3-4H2,(H,13,14)(H,15,16). The van der Waals surface area contributed by atoms with Crippen molar-refractivity contribution >= 4 is 35.0 Å². The monoisotopic (exact) mass is 303 g/mol. The van der Waals surface area contributed by atoms with Gasteiger partial charge in [0.15, 0.2) is 5.72 Å². The predicted octanol–water partition coefficient (Wildman–Crippen LogP) is 2.08. The highest BCUT2D eigenvalue weighted by Crippen LogP contribution is 2.45. The zero-order chi connectivity index (χ0) is 13.6. The fraction of sp³-hybridized carbons (Fsp3) is 0.455. The molecule has 8 heteroatoms. The normalized spacial score (nSPS) is 31.6. The van der Waals surface area contributed by atoms with Crippen molar-refractivity contribution in [1.29, 1.82) is 0 Å². The second-order valence-electron chi connectivity index (χ2n) is 4.54. The number of fused-ring (bicyclic) bond motifs is 1. The van der Waals surface area contributed by atoms with Gasteiger partial charge in [-0.15, -0.1) is 11.3 Å². The van der Waals surface area contributed by atoms with Gasteiger partial charge in [-0.3, -0.25) is 4.79 Å². The zero-order valence-electron chi connectivity index (χ0n) is 9.59. The second-order valence-corrected chi connectivity index (χ2v) is 6.26. The quantitative estimate of drug-likeness (QED) is 0.507. The number of carbonyl (C=O) groups is 2. The Morgan fingerprint density at radius 2 is 2.16 bits per heavy atom. The molecule has 1 aliphatic carbocycles. The zero-order valence-corrected chi connectivity index (χ0v) is 11.2. The molecule has 1 amide bonds. The van der Waals surface area contributed by atoms with Gasteiger partial charge in [-0.2, -0.15) is 0 Å². The van der Waals surface area contributed by atoms with Crippen LogP contribution in [0.3, 0.4) is 0 Å². The molecule has 0 aromatic carbocycles. The van der Waals surface area contributed by atoms with E-state index >= 15 is 0 Å². The number of amides is 1. The fourth-order valence-corrected chi connectivity index (χ4v) is 3.29. The molecule has 102 valence electrons. The smallest absolute Gasteiger partial charge is 0.450 e. The number of carboxylic acid groups (broad SMARTS) is 1. The molecule has 2 heterocycles. The molecule has 0 spiro atoms. The first-order chi connectivity index (χ1) is 8.97. The third-order valence-electron chi connectivity index (χ3n) is 3.17. The van der Waals surface area contributed by atoms with E-state index in [1.54, 1.807) is 12.1 Å². The summed E-state index contributed by atoms with van der Waals surface area (Å²) < 4.78 is 10.6. The number of halogens is 1. The van der Waals surface area contributed by atoms with E-state index in [1.807, 2.05) is 0 Å². The lowest BCUT2D eigenvalue weighted by molar-refractivity contribution is -0.0504. The van der Waals surface area contributed by atoms with Crippen molar-refractivity contribution in [1.82, 2.24) is 5.32 Å². The Hall–Kier alpha value is -1.31. The van der Waals surface area contributed by atoms with Gasteiger partial charge in [-0.05, 0) is 12.1 Å². The van der Waals surface area contributed by atoms with Crippen LogP contribution in [0, 0.1) is 0 Å². The highest BCUT2D eigenvalue weighted by Gasteiger charge is 2.59. The van der Waals surface area contributed by atoms with Crippen LogP contribution in [0.15, 0.2) is 12.1 Å². The van der Waals surface area contributed by atoms with E-state index in [9.17, 15) is 9.59 Å². The summed E-state index contributed by atoms with van der Waals surface area (Å²) in [5.74, 6) is -0.389. The Labute approximate surface area is 117 Å². The van der Waals surface area contributed by atoms with Gasteiger partial charge in [0, 0.05) is 12.8 Å². The third-order valence-corrected chi connectivity index (χ3v) is 4.40. The van der Waals surface area contributed by atoms with Gasteiger partial charge in [0.25, 0.3) is 5.91 Å². The van der Waals surface area contributed by atoms with E-state index in [1.165, 1.54) is 0 Å². The van der Waals surface area contributed by atoms with Gasteiger partial charge in [-0.1, -0.05) is 11.6 Å². The summed E-state index contributed by atoms with van der Waals surface area (Å²) >= 11 is 6.89. The van der Waals surface area contributed by atoms with Crippen molar-refractivity contribution in [2.75, 3.05) is 0 Å². The lowest BCUT2D eigenvalue weighted by Gasteiger charge is -2.29. The van der Waals surface area contributed by atoms with Gasteiger partial charge in [0.2, 0.25) is 0 Å². The van der Waals surface area contributed by atoms with Gasteiger partial charge in [0.1, 0.15) is 0 Å². The van der Waals surface area contributed by atoms with Gasteiger partial charge >= 0.3 is 6.16 Å². The minimum absolute atomic E-state index is 0.0217. The molecule has 2 aliphatic rings. The molecule has 3 rings (SSSR count). The minimum Gasteiger partial charge on any atom is -0.450 e. The first-order valence-electron chi connectivity index (χ1n) is 5.63. The lowest BCUT2D eigenvalue weighted by Crippen LogP contribution is -2.51. The van der Waals surface area contributed by atoms with E-state index in [0.717, 1.165) is 11.3 Å². The van der Waals surface area contributed by atoms with Crippen LogP contribution in [0.2, 0.25) is 4.34 Å². The number of carbonyl (C=O) groups excluding carboxylic acids is 1. The molecule has 0 bridgehead atoms. The molecule has 1 aromatic rings. The summed E-state index contributed by atoms with van der Waals surface area (Å²) in [5.41, 5.74) is -1.19. The molecule has 1 aromatic heterocycles. The number of thiophene rings is 1. The molecule has 2 unspecified atom stereocenters. The molecule has 6 nitrogen and oxygen atoms in total. The van der Waals surface area contributed by atoms with Gasteiger partial charge in [-0.25, -0.2) is 4.79 Å². The second kappa shape index (κ2) is 4.36. The number of nitrogens with one attached hydrogen (secondary N) is 1. The molecular formula is C11H10ClNO5S. The van der Waals surface area contributed by atoms with Crippen molar-refractivity contribution in [3.63, 3.8) is 0 Å². The Balaban J connectivity index is 1.74. The van der Waals surface area contributed by atoms with E-state index in [2.05, 4.69) is 5.32 Å². The Morgan fingerprint density at radius 1 is 1.47 bits per heavy atom. The van der Waals surface area contributed by atoms with Crippen molar-refractivity contribution < 1.29 is 24.2 Å². The first-order valence-corrected chi connectivity index (χ1v) is 6.82. The number of ether oxygens (including phenoxy) is 2. The summed E-state index contributed by atoms with van der Waals surface area (Å²) in [6.07, 6.45) is -0.771. The molecule has 2 N–H and O–H groups in total. The van der Waals surface area contributed by atoms with Crippen LogP contribution in [0.4, 0.5) is 4.79 Å². The van der Waals surface area contributed by atoms with Crippen molar-refractivity contribution in [2.45, 2.75) is 30.8 Å². The van der Waals surface area contributed by atoms with Crippen LogP contribution in [-0.2, 0) is 9.47 Å². The summed E-state index contributed by atoms with van der Waals surface area (Å²) in [6, 6.07) is 3.20. The van der Waals surface area contributed by atoms with E-state index in [-0.39, 0.29) is 18.1 Å². The van der Waals surface area contributed by atoms with Gasteiger partial charge < -0.3 is 19.9 Å². The largest absolute Gasteiger partial charge is 0.507 e. The Morgan fingerprint density at radius 3 is 2.68 bits per heavy atom. The average molecular weight is 304 g/mol. The third kappa shape index (κ3) is 2.54. The maximum atomic E-state index is 12.0. The maximum Gasteiger partial charge on any atom is 0.507 e. The molecule has 1 saturated heterocycles. The van der Waals surface area contributed by atoms with E-state index < -0.39 is 11.9 Å². The lowest BCUT2D eigenvalue weighted by atomic mass is 10.1. The number of rotatable bonds is 3. The Kier molecular flexibility index (Phi) is 2.92. The molecule has 2 fully saturated rings. The molecule has 19 heavy (non-hydrogen) atoms. The number of epoxide rings is 1. The molecule has 1 aliphatic heterocycles. The average Bonchev–Trinajstić information content (AvgIpc) is 2.72. The van der Waals surface area contributed by atoms with E-state index in [0.29, 0.717) is 22.1 Å². The summed E-state index contributed by atoms with van der Waals surface area (Å²) in [6.45, 7) is 0. The topological polar surface area (TPSA) is 88.2 Å². The van der Waals surface area contributed by atoms with Crippen molar-refractivity contribution in [3.8, 4) is 0 Å². The Bertz CT molecular complexity index is 535. The predicted molar refractivity (Wildman–Crippen MR) is 66.5 cm³/mol. The van der Waals surface area contributed by atoms with Crippen LogP contribution in [-0.4, -0.2) is 35.1 Å². The summed E-state index contributed by atoms with van der Waals surface area (Å²) in [5, 5.41) is 11.4. The fourth-order valence-electron chi connectivity index (χ4n) is 2.35. The van der Waals surface area contributed by atoms with Crippen molar-refractivity contribution in [3.05, 3.63) is 21.3 Å². The first kappa shape index (κ1) is 12.7. The molecule has 0 radical (unpaired) electrons. The molecule has 2 atom stereocenters. The minimum atomic E-state index is -1.41. The van der Waals surface area contributed by atoms with Crippen molar-refractivity contribution in [2.24, 2.45) is 0 Å². The van der Waals surface area contributed by atoms with Gasteiger partial charge in [0.05, 0.1) is 21.4 Å². The molecule has 1 saturated carbocycles. The van der Waals surface area contributed by atoms with Crippen LogP contribution in [0.5, 0.6) is 0 Å². The van der Waals surface area contributed by atoms with Crippen LogP contribution >= 0.6 is 22.9 Å². The maximum absolute atomic E-state index is 12.0. The highest BCUT2D eigenvalue weighted by molar-refractivity contribution is 7.18. The summed E-state index contributed by atoms with van der Waals surface area (Å²) in [7, 11) is 0. The van der Waals surface area contributed by atoms with Crippen LogP contribution in [0.1, 0.15) is 22.5 Å². The highest BCUT2D eigenvalue weighted by atomic mass is 35.5. The molecular weight excluding hydrogens is 294 g/mol. The SMILES string of the molecule is O=C(O)OC1(NC(=O)c2ccc(Cl)s2)CC2OC2C1.